The topological polar surface area (TPSA) is 82.5 Å². The van der Waals surface area contributed by atoms with Gasteiger partial charge >= 0.3 is 0 Å². The lowest BCUT2D eigenvalue weighted by Crippen LogP contribution is -2.26. The molecule has 0 fully saturated rings. The summed E-state index contributed by atoms with van der Waals surface area (Å²) < 4.78 is 12.2. The van der Waals surface area contributed by atoms with Crippen molar-refractivity contribution in [3.05, 3.63) is 80.8 Å². The molecule has 0 radical (unpaired) electrons. The predicted molar refractivity (Wildman–Crippen MR) is 149 cm³/mol. The van der Waals surface area contributed by atoms with Crippen molar-refractivity contribution in [1.29, 1.82) is 0 Å². The Hall–Kier alpha value is -3.26. The number of carbonyl (C=O) groups is 1. The summed E-state index contributed by atoms with van der Waals surface area (Å²) in [5, 5.41) is 3.70. The molecule has 8 heteroatoms. The third kappa shape index (κ3) is 8.12. The summed E-state index contributed by atoms with van der Waals surface area (Å²) in [5.41, 5.74) is 4.89. The van der Waals surface area contributed by atoms with Gasteiger partial charge in [0.05, 0.1) is 14.2 Å². The van der Waals surface area contributed by atoms with E-state index in [1.54, 1.807) is 37.6 Å². The number of aryl methyl sites for hydroxylation is 2. The zero-order valence-electron chi connectivity index (χ0n) is 22.4. The number of rotatable bonds is 13. The molecule has 0 aliphatic heterocycles. The normalized spacial score (nSPS) is 10.8. The molecule has 2 aromatic carbocycles. The maximum absolute atomic E-state index is 13.0. The van der Waals surface area contributed by atoms with Gasteiger partial charge in [0.25, 0.3) is 5.56 Å². The quantitative estimate of drug-likeness (QED) is 0.200. The first kappa shape index (κ1) is 28.3. The highest BCUT2D eigenvalue weighted by atomic mass is 32.2. The van der Waals surface area contributed by atoms with Crippen LogP contribution < -0.4 is 20.3 Å². The Labute approximate surface area is 223 Å². The number of hydrogen-bond acceptors (Lipinski definition) is 6. The summed E-state index contributed by atoms with van der Waals surface area (Å²) in [6, 6.07) is 14.0. The number of benzene rings is 2. The van der Waals surface area contributed by atoms with E-state index >= 15 is 0 Å². The van der Waals surface area contributed by atoms with Crippen molar-refractivity contribution >= 4 is 17.7 Å². The molecular formula is C29H37N3O4S. The molecule has 1 N–H and O–H groups in total. The monoisotopic (exact) mass is 523 g/mol. The summed E-state index contributed by atoms with van der Waals surface area (Å²) in [7, 11) is 5.00. The lowest BCUT2D eigenvalue weighted by molar-refractivity contribution is -0.121. The van der Waals surface area contributed by atoms with E-state index in [2.05, 4.69) is 24.4 Å². The van der Waals surface area contributed by atoms with E-state index in [4.69, 9.17) is 14.5 Å². The highest BCUT2D eigenvalue weighted by molar-refractivity contribution is 7.99. The Morgan fingerprint density at radius 2 is 1.81 bits per heavy atom. The van der Waals surface area contributed by atoms with Crippen LogP contribution in [0.5, 0.6) is 11.5 Å². The molecule has 1 amide bonds. The molecule has 3 aromatic rings. The molecule has 7 nitrogen and oxygen atoms in total. The standard InChI is InChI=1S/C29H37N3O4S/c1-20-9-8-10-23(17-20)18-24-21(2)31-29(32(3)28(24)34)37-16-7-6-11-27(33)30-15-14-22-12-13-25(35-4)26(19-22)36-5/h8-10,12-13,17,19H,6-7,11,14-16,18H2,1-5H3,(H,30,33). The number of methoxy groups -OCH3 is 2. The summed E-state index contributed by atoms with van der Waals surface area (Å²) in [4.78, 5) is 29.9. The zero-order chi connectivity index (χ0) is 26.8. The van der Waals surface area contributed by atoms with Gasteiger partial charge in [-0.2, -0.15) is 0 Å². The highest BCUT2D eigenvalue weighted by Crippen LogP contribution is 2.27. The van der Waals surface area contributed by atoms with E-state index in [0.29, 0.717) is 30.9 Å². The van der Waals surface area contributed by atoms with Gasteiger partial charge in [-0.15, -0.1) is 0 Å². The van der Waals surface area contributed by atoms with Crippen LogP contribution in [0.3, 0.4) is 0 Å². The molecule has 1 aromatic heterocycles. The van der Waals surface area contributed by atoms with Crippen LogP contribution in [0.4, 0.5) is 0 Å². The van der Waals surface area contributed by atoms with Crippen LogP contribution in [0.25, 0.3) is 0 Å². The van der Waals surface area contributed by atoms with E-state index in [-0.39, 0.29) is 11.5 Å². The first-order valence-corrected chi connectivity index (χ1v) is 13.5. The number of carbonyl (C=O) groups excluding carboxylic acids is 1. The number of hydrogen-bond donors (Lipinski definition) is 1. The highest BCUT2D eigenvalue weighted by Gasteiger charge is 2.13. The second-order valence-electron chi connectivity index (χ2n) is 9.08. The summed E-state index contributed by atoms with van der Waals surface area (Å²) in [6.07, 6.45) is 3.44. The van der Waals surface area contributed by atoms with Crippen LogP contribution in [0.15, 0.2) is 52.4 Å². The Kier molecular flexibility index (Phi) is 10.6. The molecule has 3 rings (SSSR count). The Morgan fingerprint density at radius 1 is 1.03 bits per heavy atom. The van der Waals surface area contributed by atoms with Crippen LogP contribution in [0.1, 0.15) is 47.2 Å². The first-order valence-electron chi connectivity index (χ1n) is 12.5. The first-order chi connectivity index (χ1) is 17.8. The molecule has 0 saturated carbocycles. The third-order valence-corrected chi connectivity index (χ3v) is 7.34. The molecule has 0 saturated heterocycles. The number of nitrogens with one attached hydrogen (secondary N) is 1. The van der Waals surface area contributed by atoms with Gasteiger partial charge < -0.3 is 14.8 Å². The fraction of sp³-hybridized carbons (Fsp3) is 0.414. The van der Waals surface area contributed by atoms with E-state index in [9.17, 15) is 9.59 Å². The molecule has 0 unspecified atom stereocenters. The second-order valence-corrected chi connectivity index (χ2v) is 10.1. The van der Waals surface area contributed by atoms with Crippen LogP contribution >= 0.6 is 11.8 Å². The number of aromatic nitrogens is 2. The van der Waals surface area contributed by atoms with Crippen molar-refractivity contribution in [2.24, 2.45) is 7.05 Å². The molecule has 0 bridgehead atoms. The van der Waals surface area contributed by atoms with Crippen molar-refractivity contribution in [2.75, 3.05) is 26.5 Å². The molecule has 0 spiro atoms. The van der Waals surface area contributed by atoms with Crippen molar-refractivity contribution in [3.8, 4) is 11.5 Å². The van der Waals surface area contributed by atoms with Crippen molar-refractivity contribution in [2.45, 2.75) is 51.1 Å². The molecule has 0 atom stereocenters. The summed E-state index contributed by atoms with van der Waals surface area (Å²) in [6.45, 7) is 4.53. The number of ether oxygens (including phenoxy) is 2. The van der Waals surface area contributed by atoms with Gasteiger partial charge in [0.2, 0.25) is 5.91 Å². The Balaban J connectivity index is 1.41. The molecule has 37 heavy (non-hydrogen) atoms. The van der Waals surface area contributed by atoms with Crippen LogP contribution in [0.2, 0.25) is 0 Å². The van der Waals surface area contributed by atoms with Gasteiger partial charge in [-0.1, -0.05) is 47.7 Å². The van der Waals surface area contributed by atoms with E-state index in [1.165, 1.54) is 5.56 Å². The Morgan fingerprint density at radius 3 is 2.54 bits per heavy atom. The molecule has 0 aliphatic carbocycles. The number of nitrogens with zero attached hydrogens (tertiary/aromatic N) is 2. The summed E-state index contributed by atoms with van der Waals surface area (Å²) in [5.74, 6) is 2.23. The summed E-state index contributed by atoms with van der Waals surface area (Å²) >= 11 is 1.56. The van der Waals surface area contributed by atoms with Crippen LogP contribution in [-0.2, 0) is 24.7 Å². The average molecular weight is 524 g/mol. The number of unbranched alkanes of at least 4 members (excludes halogenated alkanes) is 1. The lowest BCUT2D eigenvalue weighted by Gasteiger charge is -2.12. The Bertz CT molecular complexity index is 1270. The van der Waals surface area contributed by atoms with Crippen molar-refractivity contribution < 1.29 is 14.3 Å². The molecule has 198 valence electrons. The van der Waals surface area contributed by atoms with Gasteiger partial charge in [-0.3, -0.25) is 14.2 Å². The van der Waals surface area contributed by atoms with Gasteiger partial charge in [-0.05, 0) is 56.4 Å². The molecule has 1 heterocycles. The van der Waals surface area contributed by atoms with Crippen molar-refractivity contribution in [1.82, 2.24) is 14.9 Å². The molecule has 0 aliphatic rings. The minimum Gasteiger partial charge on any atom is -0.493 e. The van der Waals surface area contributed by atoms with Gasteiger partial charge in [0.15, 0.2) is 16.7 Å². The van der Waals surface area contributed by atoms with Gasteiger partial charge in [0.1, 0.15) is 0 Å². The fourth-order valence-corrected chi connectivity index (χ4v) is 5.12. The van der Waals surface area contributed by atoms with Crippen molar-refractivity contribution in [3.63, 3.8) is 0 Å². The minimum atomic E-state index is 0.00497. The minimum absolute atomic E-state index is 0.00497. The number of amides is 1. The maximum Gasteiger partial charge on any atom is 0.257 e. The smallest absolute Gasteiger partial charge is 0.257 e. The molecular weight excluding hydrogens is 486 g/mol. The van der Waals surface area contributed by atoms with E-state index in [0.717, 1.165) is 52.6 Å². The van der Waals surface area contributed by atoms with E-state index < -0.39 is 0 Å². The van der Waals surface area contributed by atoms with Gasteiger partial charge in [0, 0.05) is 43.4 Å². The SMILES string of the molecule is COc1ccc(CCNC(=O)CCCCSc2nc(C)c(Cc3cccc(C)c3)c(=O)n2C)cc1OC. The maximum atomic E-state index is 13.0. The lowest BCUT2D eigenvalue weighted by atomic mass is 10.0. The average Bonchev–Trinajstić information content (AvgIpc) is 2.89. The largest absolute Gasteiger partial charge is 0.493 e. The third-order valence-electron chi connectivity index (χ3n) is 6.23. The van der Waals surface area contributed by atoms with Gasteiger partial charge in [-0.25, -0.2) is 4.98 Å². The zero-order valence-corrected chi connectivity index (χ0v) is 23.2. The van der Waals surface area contributed by atoms with E-state index in [1.807, 2.05) is 37.3 Å². The predicted octanol–water partition coefficient (Wildman–Crippen LogP) is 4.63. The van der Waals surface area contributed by atoms with Crippen LogP contribution in [-0.4, -0.2) is 42.0 Å². The fourth-order valence-electron chi connectivity index (χ4n) is 4.11. The second kappa shape index (κ2) is 13.9. The van der Waals surface area contributed by atoms with Crippen LogP contribution in [0, 0.1) is 13.8 Å². The number of thioether (sulfide) groups is 1.